The van der Waals surface area contributed by atoms with E-state index in [1.54, 1.807) is 19.2 Å². The van der Waals surface area contributed by atoms with Crippen molar-refractivity contribution in [2.24, 2.45) is 17.8 Å². The number of hydrogen-bond donors (Lipinski definition) is 0. The second-order valence-electron chi connectivity index (χ2n) is 5.62. The largest absolute Gasteiger partial charge is 0.495 e. The summed E-state index contributed by atoms with van der Waals surface area (Å²) >= 11 is 3.38. The van der Waals surface area contributed by atoms with E-state index in [0.717, 1.165) is 17.3 Å². The molecule has 0 spiro atoms. The highest BCUT2D eigenvalue weighted by Crippen LogP contribution is 2.46. The number of amides is 2. The second-order valence-corrected chi connectivity index (χ2v) is 6.53. The molecule has 1 aromatic rings. The summed E-state index contributed by atoms with van der Waals surface area (Å²) in [6.07, 6.45) is 1.62. The van der Waals surface area contributed by atoms with E-state index in [1.807, 2.05) is 6.07 Å². The standard InChI is InChI=1S/C15H16BrNO3/c1-8-5-10-11(6-8)15(19)17(14(10)18)12-7-9(16)3-4-13(12)20-2/h3-4,7-8,10-11H,5-6H2,1-2H3. The Balaban J connectivity index is 2.02. The Hall–Kier alpha value is -1.36. The van der Waals surface area contributed by atoms with E-state index >= 15 is 0 Å². The Labute approximate surface area is 126 Å². The molecule has 1 saturated carbocycles. The molecule has 2 atom stereocenters. The molecule has 2 amide bonds. The zero-order valence-electron chi connectivity index (χ0n) is 11.4. The maximum absolute atomic E-state index is 12.6. The van der Waals surface area contributed by atoms with Gasteiger partial charge >= 0.3 is 0 Å². The Morgan fingerprint density at radius 2 is 1.80 bits per heavy atom. The predicted octanol–water partition coefficient (Wildman–Crippen LogP) is 2.99. The van der Waals surface area contributed by atoms with Gasteiger partial charge in [-0.15, -0.1) is 0 Å². The number of rotatable bonds is 2. The first-order valence-corrected chi connectivity index (χ1v) is 7.53. The van der Waals surface area contributed by atoms with Crippen molar-refractivity contribution in [2.75, 3.05) is 12.0 Å². The Morgan fingerprint density at radius 3 is 2.35 bits per heavy atom. The third kappa shape index (κ3) is 1.95. The molecule has 1 aromatic carbocycles. The van der Waals surface area contributed by atoms with E-state index in [9.17, 15) is 9.59 Å². The number of halogens is 1. The number of benzene rings is 1. The van der Waals surface area contributed by atoms with Gasteiger partial charge in [-0.2, -0.15) is 0 Å². The van der Waals surface area contributed by atoms with E-state index in [0.29, 0.717) is 17.4 Å². The van der Waals surface area contributed by atoms with E-state index in [4.69, 9.17) is 4.74 Å². The van der Waals surface area contributed by atoms with Crippen LogP contribution >= 0.6 is 15.9 Å². The highest BCUT2D eigenvalue weighted by molar-refractivity contribution is 9.10. The molecular weight excluding hydrogens is 322 g/mol. The molecule has 3 rings (SSSR count). The Bertz CT molecular complexity index is 562. The Kier molecular flexibility index (Phi) is 3.32. The van der Waals surface area contributed by atoms with Gasteiger partial charge in [0, 0.05) is 4.47 Å². The van der Waals surface area contributed by atoms with Gasteiger partial charge in [-0.1, -0.05) is 22.9 Å². The molecule has 2 fully saturated rings. The number of fused-ring (bicyclic) bond motifs is 1. The number of ether oxygens (including phenoxy) is 1. The molecule has 5 heteroatoms. The minimum Gasteiger partial charge on any atom is -0.495 e. The molecule has 1 aliphatic carbocycles. The van der Waals surface area contributed by atoms with Gasteiger partial charge in [-0.3, -0.25) is 9.59 Å². The van der Waals surface area contributed by atoms with Crippen molar-refractivity contribution in [2.45, 2.75) is 19.8 Å². The van der Waals surface area contributed by atoms with Crippen LogP contribution in [0.5, 0.6) is 5.75 Å². The van der Waals surface area contributed by atoms with E-state index in [2.05, 4.69) is 22.9 Å². The predicted molar refractivity (Wildman–Crippen MR) is 78.6 cm³/mol. The van der Waals surface area contributed by atoms with Crippen LogP contribution in [0.15, 0.2) is 22.7 Å². The maximum atomic E-state index is 12.6. The fourth-order valence-corrected chi connectivity index (χ4v) is 3.70. The quantitative estimate of drug-likeness (QED) is 0.779. The summed E-state index contributed by atoms with van der Waals surface area (Å²) in [6, 6.07) is 5.35. The van der Waals surface area contributed by atoms with Crippen molar-refractivity contribution < 1.29 is 14.3 Å². The molecule has 20 heavy (non-hydrogen) atoms. The van der Waals surface area contributed by atoms with Crippen LogP contribution in [0.2, 0.25) is 0 Å². The van der Waals surface area contributed by atoms with Crippen molar-refractivity contribution in [3.63, 3.8) is 0 Å². The van der Waals surface area contributed by atoms with Crippen molar-refractivity contribution in [3.05, 3.63) is 22.7 Å². The summed E-state index contributed by atoms with van der Waals surface area (Å²) in [5.41, 5.74) is 0.541. The van der Waals surface area contributed by atoms with Gasteiger partial charge in [0.2, 0.25) is 11.8 Å². The number of imide groups is 1. The van der Waals surface area contributed by atoms with E-state index in [-0.39, 0.29) is 23.7 Å². The summed E-state index contributed by atoms with van der Waals surface area (Å²) in [5, 5.41) is 0. The third-order valence-electron chi connectivity index (χ3n) is 4.26. The van der Waals surface area contributed by atoms with Crippen LogP contribution in [-0.4, -0.2) is 18.9 Å². The van der Waals surface area contributed by atoms with Crippen LogP contribution in [0.4, 0.5) is 5.69 Å². The molecule has 4 nitrogen and oxygen atoms in total. The molecule has 1 saturated heterocycles. The van der Waals surface area contributed by atoms with Crippen LogP contribution in [0.1, 0.15) is 19.8 Å². The van der Waals surface area contributed by atoms with E-state index in [1.165, 1.54) is 4.90 Å². The van der Waals surface area contributed by atoms with Crippen LogP contribution < -0.4 is 9.64 Å². The molecule has 2 aliphatic rings. The average Bonchev–Trinajstić information content (AvgIpc) is 2.89. The fourth-order valence-electron chi connectivity index (χ4n) is 3.35. The molecule has 106 valence electrons. The van der Waals surface area contributed by atoms with Gasteiger partial charge in [-0.05, 0) is 37.0 Å². The minimum atomic E-state index is -0.152. The molecular formula is C15H16BrNO3. The van der Waals surface area contributed by atoms with E-state index < -0.39 is 0 Å². The molecule has 0 bridgehead atoms. The lowest BCUT2D eigenvalue weighted by Gasteiger charge is -2.19. The van der Waals surface area contributed by atoms with Gasteiger partial charge in [-0.25, -0.2) is 4.90 Å². The lowest BCUT2D eigenvalue weighted by Crippen LogP contribution is -2.32. The van der Waals surface area contributed by atoms with Gasteiger partial charge in [0.25, 0.3) is 0 Å². The molecule has 1 heterocycles. The van der Waals surface area contributed by atoms with Gasteiger partial charge in [0.1, 0.15) is 5.75 Å². The fraction of sp³-hybridized carbons (Fsp3) is 0.467. The van der Waals surface area contributed by atoms with Gasteiger partial charge in [0.15, 0.2) is 0 Å². The first-order chi connectivity index (χ1) is 9.52. The van der Waals surface area contributed by atoms with Crippen molar-refractivity contribution >= 4 is 33.4 Å². The first kappa shape index (κ1) is 13.6. The van der Waals surface area contributed by atoms with Crippen LogP contribution in [0.3, 0.4) is 0 Å². The molecule has 0 aromatic heterocycles. The molecule has 0 N–H and O–H groups in total. The average molecular weight is 338 g/mol. The zero-order chi connectivity index (χ0) is 14.4. The van der Waals surface area contributed by atoms with Crippen molar-refractivity contribution in [3.8, 4) is 5.75 Å². The number of methoxy groups -OCH3 is 1. The number of anilines is 1. The number of nitrogens with zero attached hydrogens (tertiary/aromatic N) is 1. The SMILES string of the molecule is COc1ccc(Br)cc1N1C(=O)C2CC(C)CC2C1=O. The normalized spacial score (nSPS) is 28.9. The Morgan fingerprint density at radius 1 is 1.20 bits per heavy atom. The van der Waals surface area contributed by atoms with Crippen LogP contribution in [-0.2, 0) is 9.59 Å². The lowest BCUT2D eigenvalue weighted by atomic mass is 10.00. The highest BCUT2D eigenvalue weighted by atomic mass is 79.9. The summed E-state index contributed by atoms with van der Waals surface area (Å²) in [5.74, 6) is 0.524. The maximum Gasteiger partial charge on any atom is 0.237 e. The highest BCUT2D eigenvalue weighted by Gasteiger charge is 2.52. The number of carbonyl (C=O) groups excluding carboxylic acids is 2. The van der Waals surface area contributed by atoms with Crippen LogP contribution in [0.25, 0.3) is 0 Å². The van der Waals surface area contributed by atoms with Gasteiger partial charge < -0.3 is 4.74 Å². The smallest absolute Gasteiger partial charge is 0.237 e. The van der Waals surface area contributed by atoms with Gasteiger partial charge in [0.05, 0.1) is 24.6 Å². The number of carbonyl (C=O) groups is 2. The first-order valence-electron chi connectivity index (χ1n) is 6.74. The molecule has 1 aliphatic heterocycles. The number of hydrogen-bond acceptors (Lipinski definition) is 3. The third-order valence-corrected chi connectivity index (χ3v) is 4.75. The molecule has 0 radical (unpaired) electrons. The molecule has 2 unspecified atom stereocenters. The topological polar surface area (TPSA) is 46.6 Å². The van der Waals surface area contributed by atoms with Crippen molar-refractivity contribution in [1.29, 1.82) is 0 Å². The monoisotopic (exact) mass is 337 g/mol. The second kappa shape index (κ2) is 4.88. The summed E-state index contributed by atoms with van der Waals surface area (Å²) in [6.45, 7) is 2.10. The summed E-state index contributed by atoms with van der Waals surface area (Å²) < 4.78 is 6.10. The van der Waals surface area contributed by atoms with Crippen molar-refractivity contribution in [1.82, 2.24) is 0 Å². The summed E-state index contributed by atoms with van der Waals surface area (Å²) in [4.78, 5) is 26.4. The minimum absolute atomic E-state index is 0.0826. The lowest BCUT2D eigenvalue weighted by molar-refractivity contribution is -0.123. The zero-order valence-corrected chi connectivity index (χ0v) is 13.0. The summed E-state index contributed by atoms with van der Waals surface area (Å²) in [7, 11) is 1.54. The van der Waals surface area contributed by atoms with Crippen LogP contribution in [0, 0.1) is 17.8 Å².